The van der Waals surface area contributed by atoms with E-state index in [4.69, 9.17) is 10.2 Å². The highest BCUT2D eigenvalue weighted by molar-refractivity contribution is 5.00. The first-order chi connectivity index (χ1) is 5.86. The molecule has 0 spiro atoms. The van der Waals surface area contributed by atoms with E-state index in [1.54, 1.807) is 0 Å². The topological polar surface area (TPSA) is 46.9 Å². The molecule has 0 amide bonds. The first kappa shape index (κ1) is 9.09. The highest BCUT2D eigenvalue weighted by Crippen LogP contribution is 2.02. The standard InChI is InChI=1S/C8H14N2O2/c11-7-5-9-1-2-10(4-3-9)6-8-12/h1-4,11-12H,5-8H2. The number of aliphatic hydroxyl groups is 2. The molecule has 0 bridgehead atoms. The second kappa shape index (κ2) is 4.79. The quantitative estimate of drug-likeness (QED) is 0.599. The number of aliphatic hydroxyl groups excluding tert-OH is 2. The van der Waals surface area contributed by atoms with E-state index >= 15 is 0 Å². The molecule has 0 radical (unpaired) electrons. The van der Waals surface area contributed by atoms with E-state index in [1.165, 1.54) is 0 Å². The summed E-state index contributed by atoms with van der Waals surface area (Å²) in [5.41, 5.74) is 0. The van der Waals surface area contributed by atoms with Gasteiger partial charge in [0.2, 0.25) is 0 Å². The summed E-state index contributed by atoms with van der Waals surface area (Å²) in [7, 11) is 0. The Kier molecular flexibility index (Phi) is 3.63. The van der Waals surface area contributed by atoms with Crippen molar-refractivity contribution >= 4 is 0 Å². The Balaban J connectivity index is 2.32. The normalized spacial score (nSPS) is 15.8. The molecule has 0 unspecified atom stereocenters. The second-order valence-corrected chi connectivity index (χ2v) is 2.52. The summed E-state index contributed by atoms with van der Waals surface area (Å²) in [4.78, 5) is 3.77. The average molecular weight is 170 g/mol. The van der Waals surface area contributed by atoms with Gasteiger partial charge in [-0.25, -0.2) is 0 Å². The van der Waals surface area contributed by atoms with E-state index in [0.29, 0.717) is 13.1 Å². The molecule has 0 atom stereocenters. The van der Waals surface area contributed by atoms with E-state index in [0.717, 1.165) is 0 Å². The maximum Gasteiger partial charge on any atom is 0.0610 e. The van der Waals surface area contributed by atoms with Gasteiger partial charge in [-0.05, 0) is 0 Å². The van der Waals surface area contributed by atoms with Crippen LogP contribution in [0.4, 0.5) is 0 Å². The van der Waals surface area contributed by atoms with Gasteiger partial charge < -0.3 is 20.0 Å². The second-order valence-electron chi connectivity index (χ2n) is 2.52. The monoisotopic (exact) mass is 170 g/mol. The van der Waals surface area contributed by atoms with E-state index in [9.17, 15) is 0 Å². The van der Waals surface area contributed by atoms with Crippen LogP contribution in [0.1, 0.15) is 0 Å². The molecule has 2 N–H and O–H groups in total. The van der Waals surface area contributed by atoms with E-state index < -0.39 is 0 Å². The molecule has 1 rings (SSSR count). The van der Waals surface area contributed by atoms with Crippen molar-refractivity contribution in [2.24, 2.45) is 0 Å². The zero-order valence-corrected chi connectivity index (χ0v) is 6.93. The largest absolute Gasteiger partial charge is 0.395 e. The minimum Gasteiger partial charge on any atom is -0.395 e. The maximum absolute atomic E-state index is 8.62. The van der Waals surface area contributed by atoms with Crippen molar-refractivity contribution < 1.29 is 10.2 Å². The molecule has 0 aromatic carbocycles. The third-order valence-corrected chi connectivity index (χ3v) is 1.62. The van der Waals surface area contributed by atoms with Gasteiger partial charge in [0.25, 0.3) is 0 Å². The van der Waals surface area contributed by atoms with Crippen LogP contribution in [0.5, 0.6) is 0 Å². The molecule has 1 heterocycles. The minimum atomic E-state index is 0.147. The summed E-state index contributed by atoms with van der Waals surface area (Å²) < 4.78 is 0. The van der Waals surface area contributed by atoms with Crippen molar-refractivity contribution in [1.29, 1.82) is 0 Å². The summed E-state index contributed by atoms with van der Waals surface area (Å²) >= 11 is 0. The van der Waals surface area contributed by atoms with E-state index in [-0.39, 0.29) is 13.2 Å². The smallest absolute Gasteiger partial charge is 0.0610 e. The predicted octanol–water partition coefficient (Wildman–Crippen LogP) is -0.469. The van der Waals surface area contributed by atoms with Gasteiger partial charge in [-0.1, -0.05) is 0 Å². The number of hydrogen-bond donors (Lipinski definition) is 2. The molecule has 4 nitrogen and oxygen atoms in total. The molecule has 0 aromatic rings. The van der Waals surface area contributed by atoms with Gasteiger partial charge in [-0.3, -0.25) is 0 Å². The first-order valence-electron chi connectivity index (χ1n) is 3.96. The number of rotatable bonds is 4. The number of β-amino-alcohol motifs (C(OH)–C–C–N with tert-alkyl or cyclic N) is 2. The molecule has 68 valence electrons. The number of nitrogens with zero attached hydrogens (tertiary/aromatic N) is 2. The van der Waals surface area contributed by atoms with Crippen LogP contribution in [-0.4, -0.2) is 46.3 Å². The molecule has 12 heavy (non-hydrogen) atoms. The Hall–Kier alpha value is -1.00. The van der Waals surface area contributed by atoms with Gasteiger partial charge in [-0.2, -0.15) is 0 Å². The Morgan fingerprint density at radius 2 is 1.08 bits per heavy atom. The van der Waals surface area contributed by atoms with Crippen LogP contribution in [0.25, 0.3) is 0 Å². The van der Waals surface area contributed by atoms with Crippen LogP contribution in [0.3, 0.4) is 0 Å². The van der Waals surface area contributed by atoms with Gasteiger partial charge in [0.05, 0.1) is 13.2 Å². The van der Waals surface area contributed by atoms with E-state index in [2.05, 4.69) is 0 Å². The van der Waals surface area contributed by atoms with Crippen LogP contribution in [0, 0.1) is 0 Å². The van der Waals surface area contributed by atoms with Crippen LogP contribution >= 0.6 is 0 Å². The Bertz CT molecular complexity index is 148. The zero-order valence-electron chi connectivity index (χ0n) is 6.93. The lowest BCUT2D eigenvalue weighted by Gasteiger charge is -2.23. The predicted molar refractivity (Wildman–Crippen MR) is 45.9 cm³/mol. The molecule has 0 saturated carbocycles. The minimum absolute atomic E-state index is 0.147. The lowest BCUT2D eigenvalue weighted by Crippen LogP contribution is -2.23. The molecule has 1 aliphatic rings. The third-order valence-electron chi connectivity index (χ3n) is 1.62. The van der Waals surface area contributed by atoms with Gasteiger partial charge in [0.1, 0.15) is 0 Å². The summed E-state index contributed by atoms with van der Waals surface area (Å²) in [5.74, 6) is 0. The molecule has 1 aliphatic heterocycles. The maximum atomic E-state index is 8.62. The number of hydrogen-bond acceptors (Lipinski definition) is 4. The molecule has 0 saturated heterocycles. The Morgan fingerprint density at radius 1 is 0.750 bits per heavy atom. The van der Waals surface area contributed by atoms with Crippen molar-refractivity contribution in [3.63, 3.8) is 0 Å². The highest BCUT2D eigenvalue weighted by atomic mass is 16.3. The summed E-state index contributed by atoms with van der Waals surface area (Å²) in [6.07, 6.45) is 7.47. The fourth-order valence-corrected chi connectivity index (χ4v) is 0.971. The molecule has 0 aliphatic carbocycles. The molecule has 4 heteroatoms. The zero-order chi connectivity index (χ0) is 8.81. The molecular weight excluding hydrogens is 156 g/mol. The highest BCUT2D eigenvalue weighted by Gasteiger charge is 2.01. The molecule has 0 aromatic heterocycles. The Labute approximate surface area is 72.0 Å². The van der Waals surface area contributed by atoms with Crippen LogP contribution in [0.15, 0.2) is 24.8 Å². The van der Waals surface area contributed by atoms with Crippen molar-refractivity contribution in [2.45, 2.75) is 0 Å². The molecular formula is C8H14N2O2. The SMILES string of the molecule is OCCN1C=CN(CCO)C=C1. The van der Waals surface area contributed by atoms with Crippen molar-refractivity contribution in [2.75, 3.05) is 26.3 Å². The lowest BCUT2D eigenvalue weighted by molar-refractivity contribution is 0.245. The van der Waals surface area contributed by atoms with Crippen molar-refractivity contribution in [3.05, 3.63) is 24.8 Å². The van der Waals surface area contributed by atoms with Crippen LogP contribution in [0.2, 0.25) is 0 Å². The van der Waals surface area contributed by atoms with Crippen LogP contribution in [-0.2, 0) is 0 Å². The fourth-order valence-electron chi connectivity index (χ4n) is 0.971. The van der Waals surface area contributed by atoms with Gasteiger partial charge in [0.15, 0.2) is 0 Å². The summed E-state index contributed by atoms with van der Waals surface area (Å²) in [6.45, 7) is 1.52. The van der Waals surface area contributed by atoms with Crippen LogP contribution < -0.4 is 0 Å². The summed E-state index contributed by atoms with van der Waals surface area (Å²) in [5, 5.41) is 17.2. The van der Waals surface area contributed by atoms with Gasteiger partial charge in [0, 0.05) is 37.9 Å². The van der Waals surface area contributed by atoms with Gasteiger partial charge >= 0.3 is 0 Å². The molecule has 0 fully saturated rings. The van der Waals surface area contributed by atoms with Gasteiger partial charge in [-0.15, -0.1) is 0 Å². The fraction of sp³-hybridized carbons (Fsp3) is 0.500. The lowest BCUT2D eigenvalue weighted by atomic mass is 10.5. The average Bonchev–Trinajstić information content (AvgIpc) is 2.09. The Morgan fingerprint density at radius 3 is 1.33 bits per heavy atom. The van der Waals surface area contributed by atoms with Crippen molar-refractivity contribution in [1.82, 2.24) is 9.80 Å². The first-order valence-corrected chi connectivity index (χ1v) is 3.96. The van der Waals surface area contributed by atoms with Crippen molar-refractivity contribution in [3.8, 4) is 0 Å². The summed E-state index contributed by atoms with van der Waals surface area (Å²) in [6, 6.07) is 0. The van der Waals surface area contributed by atoms with E-state index in [1.807, 2.05) is 34.6 Å². The third kappa shape index (κ3) is 2.56.